The highest BCUT2D eigenvalue weighted by Gasteiger charge is 1.84. The van der Waals surface area contributed by atoms with Gasteiger partial charge in [-0.3, -0.25) is 0 Å². The lowest BCUT2D eigenvalue weighted by Crippen LogP contribution is -1.90. The van der Waals surface area contributed by atoms with Gasteiger partial charge in [0, 0.05) is 12.7 Å². The Morgan fingerprint density at radius 2 is 1.91 bits per heavy atom. The van der Waals surface area contributed by atoms with E-state index in [9.17, 15) is 0 Å². The molecule has 0 atom stereocenters. The van der Waals surface area contributed by atoms with Crippen molar-refractivity contribution in [2.24, 2.45) is 0 Å². The zero-order chi connectivity index (χ0) is 8.10. The van der Waals surface area contributed by atoms with E-state index in [1.807, 2.05) is 43.6 Å². The molecule has 0 aliphatic carbocycles. The molecule has 0 aliphatic rings. The highest BCUT2D eigenvalue weighted by molar-refractivity contribution is 5.52. The summed E-state index contributed by atoms with van der Waals surface area (Å²) in [6.07, 6.45) is 3.87. The molecule has 0 radical (unpaired) electrons. The Bertz CT molecular complexity index is 236. The molecular weight excluding hydrogens is 136 g/mol. The minimum atomic E-state index is 0.798. The van der Waals surface area contributed by atoms with Crippen molar-refractivity contribution in [1.82, 2.24) is 5.32 Å². The number of hydrogen-bond acceptors (Lipinski definition) is 2. The molecule has 0 amide bonds. The van der Waals surface area contributed by atoms with Crippen LogP contribution in [0, 0.1) is 0 Å². The standard InChI is InChI=1S/C9H12N2/c1-11-7-6-8-2-4-9(10)5-3-8/h2-7,11H,10H2,1H3/b7-6+. The molecule has 11 heavy (non-hydrogen) atoms. The first-order valence-corrected chi connectivity index (χ1v) is 3.52. The summed E-state index contributed by atoms with van der Waals surface area (Å²) in [5.74, 6) is 0. The highest BCUT2D eigenvalue weighted by atomic mass is 14.8. The molecule has 1 aromatic rings. The average molecular weight is 148 g/mol. The van der Waals surface area contributed by atoms with Crippen LogP contribution in [0.5, 0.6) is 0 Å². The first-order valence-electron chi connectivity index (χ1n) is 3.52. The van der Waals surface area contributed by atoms with Crippen LogP contribution >= 0.6 is 0 Å². The fourth-order valence-electron chi connectivity index (χ4n) is 0.787. The smallest absolute Gasteiger partial charge is 0.0314 e. The molecule has 2 heteroatoms. The van der Waals surface area contributed by atoms with Crippen LogP contribution in [0.25, 0.3) is 6.08 Å². The second-order valence-corrected chi connectivity index (χ2v) is 2.29. The van der Waals surface area contributed by atoms with E-state index in [1.165, 1.54) is 0 Å². The molecular formula is C9H12N2. The van der Waals surface area contributed by atoms with E-state index in [0.29, 0.717) is 0 Å². The predicted molar refractivity (Wildman–Crippen MR) is 48.9 cm³/mol. The quantitative estimate of drug-likeness (QED) is 0.623. The van der Waals surface area contributed by atoms with Crippen LogP contribution in [0.3, 0.4) is 0 Å². The van der Waals surface area contributed by atoms with Crippen molar-refractivity contribution >= 4 is 11.8 Å². The van der Waals surface area contributed by atoms with Crippen LogP contribution in [-0.2, 0) is 0 Å². The summed E-state index contributed by atoms with van der Waals surface area (Å²) in [6, 6.07) is 7.72. The summed E-state index contributed by atoms with van der Waals surface area (Å²) in [4.78, 5) is 0. The molecule has 58 valence electrons. The van der Waals surface area contributed by atoms with E-state index < -0.39 is 0 Å². The van der Waals surface area contributed by atoms with Crippen LogP contribution in [0.15, 0.2) is 30.5 Å². The molecule has 0 saturated heterocycles. The van der Waals surface area contributed by atoms with E-state index in [0.717, 1.165) is 11.3 Å². The average Bonchev–Trinajstić information content (AvgIpc) is 2.04. The fourth-order valence-corrected chi connectivity index (χ4v) is 0.787. The second kappa shape index (κ2) is 3.66. The molecule has 0 spiro atoms. The highest BCUT2D eigenvalue weighted by Crippen LogP contribution is 2.05. The van der Waals surface area contributed by atoms with Crippen molar-refractivity contribution in [3.05, 3.63) is 36.0 Å². The van der Waals surface area contributed by atoms with E-state index >= 15 is 0 Å². The maximum Gasteiger partial charge on any atom is 0.0314 e. The van der Waals surface area contributed by atoms with Crippen molar-refractivity contribution in [1.29, 1.82) is 0 Å². The Morgan fingerprint density at radius 1 is 1.27 bits per heavy atom. The summed E-state index contributed by atoms with van der Waals surface area (Å²) in [5, 5.41) is 2.92. The lowest BCUT2D eigenvalue weighted by molar-refractivity contribution is 1.11. The molecule has 1 aromatic carbocycles. The Labute approximate surface area is 66.7 Å². The summed E-state index contributed by atoms with van der Waals surface area (Å²) in [6.45, 7) is 0. The van der Waals surface area contributed by atoms with Crippen LogP contribution in [0.2, 0.25) is 0 Å². The minimum absolute atomic E-state index is 0.798. The van der Waals surface area contributed by atoms with Gasteiger partial charge in [0.05, 0.1) is 0 Å². The monoisotopic (exact) mass is 148 g/mol. The predicted octanol–water partition coefficient (Wildman–Crippen LogP) is 1.46. The molecule has 2 nitrogen and oxygen atoms in total. The summed E-state index contributed by atoms with van der Waals surface area (Å²) >= 11 is 0. The van der Waals surface area contributed by atoms with E-state index in [2.05, 4.69) is 5.32 Å². The lowest BCUT2D eigenvalue weighted by Gasteiger charge is -1.93. The van der Waals surface area contributed by atoms with Crippen molar-refractivity contribution in [3.63, 3.8) is 0 Å². The topological polar surface area (TPSA) is 38.0 Å². The maximum atomic E-state index is 5.52. The molecule has 3 N–H and O–H groups in total. The normalized spacial score (nSPS) is 10.3. The molecule has 0 aliphatic heterocycles. The van der Waals surface area contributed by atoms with Crippen LogP contribution < -0.4 is 11.1 Å². The molecule has 0 bridgehead atoms. The molecule has 0 unspecified atom stereocenters. The number of nitrogens with one attached hydrogen (secondary N) is 1. The molecule has 0 aromatic heterocycles. The largest absolute Gasteiger partial charge is 0.399 e. The molecule has 1 rings (SSSR count). The zero-order valence-corrected chi connectivity index (χ0v) is 6.54. The second-order valence-electron chi connectivity index (χ2n) is 2.29. The third-order valence-corrected chi connectivity index (χ3v) is 1.38. The van der Waals surface area contributed by atoms with Gasteiger partial charge in [-0.1, -0.05) is 12.1 Å². The van der Waals surface area contributed by atoms with Gasteiger partial charge in [-0.05, 0) is 30.0 Å². The Balaban J connectivity index is 2.73. The van der Waals surface area contributed by atoms with Gasteiger partial charge < -0.3 is 11.1 Å². The van der Waals surface area contributed by atoms with Gasteiger partial charge in [0.2, 0.25) is 0 Å². The Kier molecular flexibility index (Phi) is 2.55. The van der Waals surface area contributed by atoms with Gasteiger partial charge in [0.25, 0.3) is 0 Å². The fraction of sp³-hybridized carbons (Fsp3) is 0.111. The van der Waals surface area contributed by atoms with Gasteiger partial charge in [-0.2, -0.15) is 0 Å². The third-order valence-electron chi connectivity index (χ3n) is 1.38. The van der Waals surface area contributed by atoms with E-state index in [-0.39, 0.29) is 0 Å². The number of anilines is 1. The van der Waals surface area contributed by atoms with Crippen molar-refractivity contribution in [2.75, 3.05) is 12.8 Å². The van der Waals surface area contributed by atoms with Crippen LogP contribution in [0.1, 0.15) is 5.56 Å². The minimum Gasteiger partial charge on any atom is -0.399 e. The number of hydrogen-bond donors (Lipinski definition) is 2. The van der Waals surface area contributed by atoms with Gasteiger partial charge >= 0.3 is 0 Å². The lowest BCUT2D eigenvalue weighted by atomic mass is 10.2. The zero-order valence-electron chi connectivity index (χ0n) is 6.54. The number of nitrogens with two attached hydrogens (primary N) is 1. The number of rotatable bonds is 2. The van der Waals surface area contributed by atoms with E-state index in [1.54, 1.807) is 0 Å². The summed E-state index contributed by atoms with van der Waals surface area (Å²) in [7, 11) is 1.87. The first-order chi connectivity index (χ1) is 5.33. The third kappa shape index (κ3) is 2.34. The SMILES string of the molecule is CN/C=C/c1ccc(N)cc1. The van der Waals surface area contributed by atoms with Crippen molar-refractivity contribution < 1.29 is 0 Å². The number of nitrogen functional groups attached to an aromatic ring is 1. The van der Waals surface area contributed by atoms with Crippen LogP contribution in [-0.4, -0.2) is 7.05 Å². The summed E-state index contributed by atoms with van der Waals surface area (Å²) in [5.41, 5.74) is 7.46. The Hall–Kier alpha value is -1.44. The van der Waals surface area contributed by atoms with Crippen LogP contribution in [0.4, 0.5) is 5.69 Å². The van der Waals surface area contributed by atoms with Gasteiger partial charge in [-0.25, -0.2) is 0 Å². The molecule has 0 saturated carbocycles. The number of benzene rings is 1. The molecule has 0 heterocycles. The molecule has 0 fully saturated rings. The van der Waals surface area contributed by atoms with E-state index in [4.69, 9.17) is 5.73 Å². The summed E-state index contributed by atoms with van der Waals surface area (Å²) < 4.78 is 0. The van der Waals surface area contributed by atoms with Gasteiger partial charge in [-0.15, -0.1) is 0 Å². The van der Waals surface area contributed by atoms with Gasteiger partial charge in [0.1, 0.15) is 0 Å². The first kappa shape index (κ1) is 7.66. The van der Waals surface area contributed by atoms with Gasteiger partial charge in [0.15, 0.2) is 0 Å². The maximum absolute atomic E-state index is 5.52. The Morgan fingerprint density at radius 3 is 2.45 bits per heavy atom. The van der Waals surface area contributed by atoms with Crippen molar-refractivity contribution in [2.45, 2.75) is 0 Å². The van der Waals surface area contributed by atoms with Crippen molar-refractivity contribution in [3.8, 4) is 0 Å².